The maximum absolute atomic E-state index is 10.9. The second kappa shape index (κ2) is 6.18. The van der Waals surface area contributed by atoms with Crippen LogP contribution in [0.3, 0.4) is 0 Å². The third kappa shape index (κ3) is 3.29. The number of benzene rings is 1. The smallest absolute Gasteiger partial charge is 0.303 e. The van der Waals surface area contributed by atoms with E-state index in [0.717, 1.165) is 19.4 Å². The SMILES string of the molecule is CC(CN1C2CCC1CC(CC(=O)O)C2)c1ccccc1. The molecule has 0 saturated carbocycles. The normalized spacial score (nSPS) is 30.2. The van der Waals surface area contributed by atoms with E-state index in [4.69, 9.17) is 5.11 Å². The molecule has 3 atom stereocenters. The molecule has 0 amide bonds. The quantitative estimate of drug-likeness (QED) is 0.901. The first-order valence-electron chi connectivity index (χ1n) is 8.16. The van der Waals surface area contributed by atoms with Gasteiger partial charge in [-0.1, -0.05) is 37.3 Å². The molecule has 114 valence electrons. The first kappa shape index (κ1) is 14.6. The minimum Gasteiger partial charge on any atom is -0.481 e. The lowest BCUT2D eigenvalue weighted by molar-refractivity contribution is -0.138. The molecule has 3 unspecified atom stereocenters. The number of nitrogens with zero attached hydrogens (tertiary/aromatic N) is 1. The zero-order chi connectivity index (χ0) is 14.8. The summed E-state index contributed by atoms with van der Waals surface area (Å²) in [6.07, 6.45) is 5.01. The molecule has 3 heteroatoms. The summed E-state index contributed by atoms with van der Waals surface area (Å²) < 4.78 is 0. The Balaban J connectivity index is 1.62. The van der Waals surface area contributed by atoms with Gasteiger partial charge in [-0.25, -0.2) is 0 Å². The molecule has 21 heavy (non-hydrogen) atoms. The molecule has 1 aromatic rings. The maximum Gasteiger partial charge on any atom is 0.303 e. The van der Waals surface area contributed by atoms with E-state index in [9.17, 15) is 4.79 Å². The largest absolute Gasteiger partial charge is 0.481 e. The Morgan fingerprint density at radius 1 is 1.24 bits per heavy atom. The van der Waals surface area contributed by atoms with E-state index in [1.165, 1.54) is 18.4 Å². The number of piperidine rings is 1. The van der Waals surface area contributed by atoms with Crippen LogP contribution in [0.15, 0.2) is 30.3 Å². The average Bonchev–Trinajstić information content (AvgIpc) is 2.70. The molecule has 2 heterocycles. The van der Waals surface area contributed by atoms with Crippen molar-refractivity contribution in [3.8, 4) is 0 Å². The van der Waals surface area contributed by atoms with Crippen LogP contribution in [0.25, 0.3) is 0 Å². The van der Waals surface area contributed by atoms with Gasteiger partial charge in [0.05, 0.1) is 0 Å². The van der Waals surface area contributed by atoms with Crippen LogP contribution in [0.5, 0.6) is 0 Å². The van der Waals surface area contributed by atoms with Gasteiger partial charge in [-0.2, -0.15) is 0 Å². The molecule has 2 aliphatic heterocycles. The minimum atomic E-state index is -0.634. The van der Waals surface area contributed by atoms with Crippen molar-refractivity contribution < 1.29 is 9.90 Å². The molecule has 3 nitrogen and oxygen atoms in total. The highest BCUT2D eigenvalue weighted by Crippen LogP contribution is 2.40. The Bertz CT molecular complexity index is 473. The van der Waals surface area contributed by atoms with Crippen molar-refractivity contribution >= 4 is 5.97 Å². The van der Waals surface area contributed by atoms with E-state index in [2.05, 4.69) is 42.2 Å². The summed E-state index contributed by atoms with van der Waals surface area (Å²) in [7, 11) is 0. The number of hydrogen-bond donors (Lipinski definition) is 1. The van der Waals surface area contributed by atoms with Crippen molar-refractivity contribution in [3.63, 3.8) is 0 Å². The van der Waals surface area contributed by atoms with E-state index in [-0.39, 0.29) is 0 Å². The lowest BCUT2D eigenvalue weighted by Gasteiger charge is -2.40. The van der Waals surface area contributed by atoms with E-state index in [0.29, 0.717) is 30.3 Å². The molecule has 0 aliphatic carbocycles. The fraction of sp³-hybridized carbons (Fsp3) is 0.611. The van der Waals surface area contributed by atoms with E-state index in [1.807, 2.05) is 0 Å². The molecular formula is C18H25NO2. The summed E-state index contributed by atoms with van der Waals surface area (Å²) in [5.74, 6) is 0.305. The maximum atomic E-state index is 10.9. The number of fused-ring (bicyclic) bond motifs is 2. The van der Waals surface area contributed by atoms with Crippen LogP contribution in [0, 0.1) is 5.92 Å². The number of carboxylic acid groups (broad SMARTS) is 1. The fourth-order valence-electron chi connectivity index (χ4n) is 4.30. The average molecular weight is 287 g/mol. The molecular weight excluding hydrogens is 262 g/mol. The Kier molecular flexibility index (Phi) is 4.29. The van der Waals surface area contributed by atoms with Crippen LogP contribution >= 0.6 is 0 Å². The van der Waals surface area contributed by atoms with Gasteiger partial charge in [-0.15, -0.1) is 0 Å². The lowest BCUT2D eigenvalue weighted by Crippen LogP contribution is -2.44. The second-order valence-electron chi connectivity index (χ2n) is 6.83. The van der Waals surface area contributed by atoms with Gasteiger partial charge < -0.3 is 5.11 Å². The van der Waals surface area contributed by atoms with Gasteiger partial charge in [-0.05, 0) is 43.1 Å². The van der Waals surface area contributed by atoms with Crippen molar-refractivity contribution in [1.82, 2.24) is 4.90 Å². The number of hydrogen-bond acceptors (Lipinski definition) is 2. The Labute approximate surface area is 127 Å². The van der Waals surface area contributed by atoms with Crippen molar-refractivity contribution in [3.05, 3.63) is 35.9 Å². The summed E-state index contributed by atoms with van der Waals surface area (Å²) >= 11 is 0. The molecule has 2 bridgehead atoms. The van der Waals surface area contributed by atoms with Crippen molar-refractivity contribution in [1.29, 1.82) is 0 Å². The predicted octanol–water partition coefficient (Wildman–Crippen LogP) is 3.51. The highest BCUT2D eigenvalue weighted by atomic mass is 16.4. The summed E-state index contributed by atoms with van der Waals surface area (Å²) in [5.41, 5.74) is 1.41. The second-order valence-corrected chi connectivity index (χ2v) is 6.83. The Morgan fingerprint density at radius 2 is 1.86 bits per heavy atom. The van der Waals surface area contributed by atoms with Crippen LogP contribution < -0.4 is 0 Å². The summed E-state index contributed by atoms with van der Waals surface area (Å²) in [5, 5.41) is 9.01. The topological polar surface area (TPSA) is 40.5 Å². The van der Waals surface area contributed by atoms with Gasteiger partial charge in [0.15, 0.2) is 0 Å². The van der Waals surface area contributed by atoms with Crippen LogP contribution in [-0.4, -0.2) is 34.6 Å². The summed E-state index contributed by atoms with van der Waals surface area (Å²) in [4.78, 5) is 13.6. The Morgan fingerprint density at radius 3 is 2.43 bits per heavy atom. The molecule has 0 radical (unpaired) electrons. The molecule has 2 saturated heterocycles. The number of carboxylic acids is 1. The van der Waals surface area contributed by atoms with E-state index >= 15 is 0 Å². The first-order valence-corrected chi connectivity index (χ1v) is 8.16. The number of aliphatic carboxylic acids is 1. The number of rotatable bonds is 5. The van der Waals surface area contributed by atoms with Crippen LogP contribution in [-0.2, 0) is 4.79 Å². The molecule has 2 aliphatic rings. The van der Waals surface area contributed by atoms with E-state index < -0.39 is 5.97 Å². The lowest BCUT2D eigenvalue weighted by atomic mass is 9.87. The molecule has 3 rings (SSSR count). The van der Waals surface area contributed by atoms with Crippen LogP contribution in [0.4, 0.5) is 0 Å². The minimum absolute atomic E-state index is 0.356. The van der Waals surface area contributed by atoms with Crippen LogP contribution in [0.2, 0.25) is 0 Å². The van der Waals surface area contributed by atoms with Gasteiger partial charge in [0, 0.05) is 25.0 Å². The van der Waals surface area contributed by atoms with Crippen molar-refractivity contribution in [2.45, 2.75) is 57.0 Å². The van der Waals surface area contributed by atoms with Crippen LogP contribution in [0.1, 0.15) is 50.5 Å². The molecule has 0 aromatic heterocycles. The highest BCUT2D eigenvalue weighted by molar-refractivity contribution is 5.67. The molecule has 0 spiro atoms. The standard InChI is InChI=1S/C18H25NO2/c1-13(15-5-3-2-4-6-15)12-19-16-7-8-17(19)10-14(9-16)11-18(20)21/h2-6,13-14,16-17H,7-12H2,1H3,(H,20,21). The fourth-order valence-corrected chi connectivity index (χ4v) is 4.30. The van der Waals surface area contributed by atoms with Gasteiger partial charge in [0.2, 0.25) is 0 Å². The monoisotopic (exact) mass is 287 g/mol. The van der Waals surface area contributed by atoms with Gasteiger partial charge in [-0.3, -0.25) is 9.69 Å². The van der Waals surface area contributed by atoms with E-state index in [1.54, 1.807) is 0 Å². The number of carbonyl (C=O) groups is 1. The third-order valence-electron chi connectivity index (χ3n) is 5.30. The predicted molar refractivity (Wildman–Crippen MR) is 83.3 cm³/mol. The molecule has 2 fully saturated rings. The van der Waals surface area contributed by atoms with Crippen molar-refractivity contribution in [2.75, 3.05) is 6.54 Å². The third-order valence-corrected chi connectivity index (χ3v) is 5.30. The van der Waals surface area contributed by atoms with Gasteiger partial charge in [0.25, 0.3) is 0 Å². The first-order chi connectivity index (χ1) is 10.1. The zero-order valence-electron chi connectivity index (χ0n) is 12.7. The zero-order valence-corrected chi connectivity index (χ0v) is 12.7. The summed E-state index contributed by atoms with van der Waals surface area (Å²) in [6, 6.07) is 11.9. The summed E-state index contributed by atoms with van der Waals surface area (Å²) in [6.45, 7) is 3.41. The van der Waals surface area contributed by atoms with Gasteiger partial charge >= 0.3 is 5.97 Å². The highest BCUT2D eigenvalue weighted by Gasteiger charge is 2.41. The van der Waals surface area contributed by atoms with Crippen molar-refractivity contribution in [2.24, 2.45) is 5.92 Å². The Hall–Kier alpha value is -1.35. The molecule has 1 N–H and O–H groups in total. The van der Waals surface area contributed by atoms with Gasteiger partial charge in [0.1, 0.15) is 0 Å². The molecule has 1 aromatic carbocycles.